The number of hydrogen-bond acceptors (Lipinski definition) is 3. The Bertz CT molecular complexity index is 860. The number of fused-ring (bicyclic) bond motifs is 1. The number of esters is 1. The first-order chi connectivity index (χ1) is 11.7. The maximum Gasteiger partial charge on any atom is 0.337 e. The number of rotatable bonds is 3. The molecule has 25 heavy (non-hydrogen) atoms. The van der Waals surface area contributed by atoms with Crippen LogP contribution in [0.5, 0.6) is 0 Å². The van der Waals surface area contributed by atoms with Crippen molar-refractivity contribution >= 4 is 17.6 Å². The van der Waals surface area contributed by atoms with Gasteiger partial charge in [-0.15, -0.1) is 0 Å². The van der Waals surface area contributed by atoms with Crippen molar-refractivity contribution in [3.8, 4) is 0 Å². The molecule has 0 bridgehead atoms. The van der Waals surface area contributed by atoms with Gasteiger partial charge in [0.25, 0.3) is 5.91 Å². The van der Waals surface area contributed by atoms with Crippen LogP contribution in [0.1, 0.15) is 28.4 Å². The molecule has 130 valence electrons. The molecule has 1 amide bonds. The van der Waals surface area contributed by atoms with Crippen LogP contribution < -0.4 is 4.90 Å². The maximum atomic E-state index is 14.9. The number of carbonyl (C=O) groups is 2. The average molecular weight is 349 g/mol. The standard InChI is InChI=1S/C18H14F3NO3/c1-18(21)14-4-3-11(16(23)25-2)7-15(14)22(17(18)24)9-10-5-12(19)8-13(20)6-10/h3-8H,9H2,1-2H3. The van der Waals surface area contributed by atoms with E-state index < -0.39 is 29.2 Å². The molecule has 0 aromatic heterocycles. The lowest BCUT2D eigenvalue weighted by molar-refractivity contribution is -0.128. The monoisotopic (exact) mass is 349 g/mol. The van der Waals surface area contributed by atoms with E-state index >= 15 is 0 Å². The Balaban J connectivity index is 2.06. The Kier molecular flexibility index (Phi) is 4.02. The van der Waals surface area contributed by atoms with E-state index in [1.807, 2.05) is 0 Å². The van der Waals surface area contributed by atoms with Crippen LogP contribution in [0, 0.1) is 11.6 Å². The number of nitrogens with zero attached hydrogens (tertiary/aromatic N) is 1. The van der Waals surface area contributed by atoms with Crippen LogP contribution in [0.4, 0.5) is 18.9 Å². The van der Waals surface area contributed by atoms with E-state index in [1.165, 1.54) is 25.3 Å². The highest BCUT2D eigenvalue weighted by atomic mass is 19.1. The number of hydrogen-bond donors (Lipinski definition) is 0. The number of anilines is 1. The smallest absolute Gasteiger partial charge is 0.337 e. The van der Waals surface area contributed by atoms with Gasteiger partial charge in [-0.3, -0.25) is 4.79 Å². The molecular weight excluding hydrogens is 335 g/mol. The third-order valence-electron chi connectivity index (χ3n) is 4.13. The van der Waals surface area contributed by atoms with E-state index in [4.69, 9.17) is 0 Å². The number of halogens is 3. The highest BCUT2D eigenvalue weighted by molar-refractivity contribution is 6.07. The van der Waals surface area contributed by atoms with E-state index in [0.717, 1.165) is 24.0 Å². The number of amides is 1. The zero-order valence-corrected chi connectivity index (χ0v) is 13.5. The molecule has 0 spiro atoms. The van der Waals surface area contributed by atoms with Gasteiger partial charge in [-0.1, -0.05) is 6.07 Å². The molecule has 1 aliphatic rings. The van der Waals surface area contributed by atoms with E-state index in [-0.39, 0.29) is 28.9 Å². The van der Waals surface area contributed by atoms with Gasteiger partial charge in [-0.05, 0) is 36.8 Å². The van der Waals surface area contributed by atoms with Gasteiger partial charge in [-0.2, -0.15) is 0 Å². The highest BCUT2D eigenvalue weighted by Crippen LogP contribution is 2.44. The van der Waals surface area contributed by atoms with Gasteiger partial charge in [0, 0.05) is 11.6 Å². The Morgan fingerprint density at radius 2 is 1.80 bits per heavy atom. The number of carbonyl (C=O) groups excluding carboxylic acids is 2. The summed E-state index contributed by atoms with van der Waals surface area (Å²) in [5.74, 6) is -3.10. The molecular formula is C18H14F3NO3. The Morgan fingerprint density at radius 1 is 1.16 bits per heavy atom. The van der Waals surface area contributed by atoms with Crippen molar-refractivity contribution in [2.24, 2.45) is 0 Å². The predicted octanol–water partition coefficient (Wildman–Crippen LogP) is 3.48. The summed E-state index contributed by atoms with van der Waals surface area (Å²) in [6.45, 7) is 0.878. The third kappa shape index (κ3) is 2.86. The molecule has 0 aliphatic carbocycles. The molecule has 1 heterocycles. The molecule has 1 atom stereocenters. The Morgan fingerprint density at radius 3 is 2.40 bits per heavy atom. The van der Waals surface area contributed by atoms with Gasteiger partial charge in [0.05, 0.1) is 24.9 Å². The molecule has 3 rings (SSSR count). The largest absolute Gasteiger partial charge is 0.465 e. The molecule has 2 aromatic rings. The van der Waals surface area contributed by atoms with Crippen LogP contribution in [-0.4, -0.2) is 19.0 Å². The second-order valence-electron chi connectivity index (χ2n) is 5.90. The molecule has 0 N–H and O–H groups in total. The van der Waals surface area contributed by atoms with Crippen molar-refractivity contribution in [3.05, 3.63) is 64.7 Å². The quantitative estimate of drug-likeness (QED) is 0.797. The summed E-state index contributed by atoms with van der Waals surface area (Å²) in [5.41, 5.74) is -1.74. The van der Waals surface area contributed by atoms with Crippen LogP contribution in [0.3, 0.4) is 0 Å². The SMILES string of the molecule is COC(=O)c1ccc2c(c1)N(Cc1cc(F)cc(F)c1)C(=O)C2(C)F. The Hall–Kier alpha value is -2.83. The van der Waals surface area contributed by atoms with Gasteiger partial charge in [0.1, 0.15) is 11.6 Å². The second kappa shape index (κ2) is 5.91. The summed E-state index contributed by atoms with van der Waals surface area (Å²) in [6.07, 6.45) is 0. The topological polar surface area (TPSA) is 46.6 Å². The number of methoxy groups -OCH3 is 1. The van der Waals surface area contributed by atoms with Gasteiger partial charge < -0.3 is 9.64 Å². The minimum absolute atomic E-state index is 0.0852. The molecule has 2 aromatic carbocycles. The molecule has 1 aliphatic heterocycles. The summed E-state index contributed by atoms with van der Waals surface area (Å²) in [6, 6.07) is 6.87. The van der Waals surface area contributed by atoms with Crippen LogP contribution in [0.2, 0.25) is 0 Å². The zero-order valence-electron chi connectivity index (χ0n) is 13.5. The van der Waals surface area contributed by atoms with Crippen molar-refractivity contribution in [3.63, 3.8) is 0 Å². The fraction of sp³-hybridized carbons (Fsp3) is 0.222. The number of alkyl halides is 1. The lowest BCUT2D eigenvalue weighted by atomic mass is 9.98. The molecule has 4 nitrogen and oxygen atoms in total. The molecule has 1 unspecified atom stereocenters. The van der Waals surface area contributed by atoms with E-state index in [0.29, 0.717) is 6.07 Å². The first-order valence-corrected chi connectivity index (χ1v) is 7.42. The maximum absolute atomic E-state index is 14.9. The molecule has 0 radical (unpaired) electrons. The Labute approximate surface area is 141 Å². The summed E-state index contributed by atoms with van der Waals surface area (Å²) >= 11 is 0. The second-order valence-corrected chi connectivity index (χ2v) is 5.90. The average Bonchev–Trinajstić information content (AvgIpc) is 2.74. The first-order valence-electron chi connectivity index (χ1n) is 7.42. The lowest BCUT2D eigenvalue weighted by Gasteiger charge is -2.19. The number of benzene rings is 2. The van der Waals surface area contributed by atoms with Gasteiger partial charge in [0.15, 0.2) is 0 Å². The number of ether oxygens (including phenoxy) is 1. The molecule has 0 saturated heterocycles. The minimum atomic E-state index is -2.30. The summed E-state index contributed by atoms with van der Waals surface area (Å²) < 4.78 is 46.3. The minimum Gasteiger partial charge on any atom is -0.465 e. The van der Waals surface area contributed by atoms with Gasteiger partial charge >= 0.3 is 5.97 Å². The lowest BCUT2D eigenvalue weighted by Crippen LogP contribution is -2.34. The highest BCUT2D eigenvalue weighted by Gasteiger charge is 2.48. The third-order valence-corrected chi connectivity index (χ3v) is 4.13. The molecule has 7 heteroatoms. The van der Waals surface area contributed by atoms with E-state index in [1.54, 1.807) is 0 Å². The van der Waals surface area contributed by atoms with Crippen molar-refractivity contribution in [1.29, 1.82) is 0 Å². The van der Waals surface area contributed by atoms with Crippen LogP contribution in [0.15, 0.2) is 36.4 Å². The van der Waals surface area contributed by atoms with E-state index in [2.05, 4.69) is 4.74 Å². The molecule has 0 saturated carbocycles. The summed E-state index contributed by atoms with van der Waals surface area (Å²) in [4.78, 5) is 25.2. The van der Waals surface area contributed by atoms with Gasteiger partial charge in [0.2, 0.25) is 5.67 Å². The fourth-order valence-corrected chi connectivity index (χ4v) is 2.92. The summed E-state index contributed by atoms with van der Waals surface area (Å²) in [5, 5.41) is 0. The van der Waals surface area contributed by atoms with Crippen LogP contribution in [0.25, 0.3) is 0 Å². The first kappa shape index (κ1) is 17.0. The normalized spacial score (nSPS) is 19.1. The van der Waals surface area contributed by atoms with Crippen molar-refractivity contribution < 1.29 is 27.5 Å². The van der Waals surface area contributed by atoms with Gasteiger partial charge in [-0.25, -0.2) is 18.0 Å². The molecule has 0 fully saturated rings. The van der Waals surface area contributed by atoms with Crippen molar-refractivity contribution in [2.75, 3.05) is 12.0 Å². The van der Waals surface area contributed by atoms with Crippen LogP contribution in [-0.2, 0) is 21.7 Å². The van der Waals surface area contributed by atoms with Crippen molar-refractivity contribution in [1.82, 2.24) is 0 Å². The van der Waals surface area contributed by atoms with Crippen molar-refractivity contribution in [2.45, 2.75) is 19.1 Å². The zero-order chi connectivity index (χ0) is 18.4. The van der Waals surface area contributed by atoms with Crippen LogP contribution >= 0.6 is 0 Å². The summed E-state index contributed by atoms with van der Waals surface area (Å²) in [7, 11) is 1.20. The van der Waals surface area contributed by atoms with E-state index in [9.17, 15) is 22.8 Å². The fourth-order valence-electron chi connectivity index (χ4n) is 2.92. The predicted molar refractivity (Wildman–Crippen MR) is 83.8 cm³/mol.